The third-order valence-electron chi connectivity index (χ3n) is 2.52. The highest BCUT2D eigenvalue weighted by Gasteiger charge is 2.17. The average molecular weight is 313 g/mol. The predicted molar refractivity (Wildman–Crippen MR) is 74.5 cm³/mol. The van der Waals surface area contributed by atoms with Gasteiger partial charge in [-0.2, -0.15) is 0 Å². The van der Waals surface area contributed by atoms with E-state index in [-0.39, 0.29) is 18.4 Å². The minimum atomic E-state index is -0.170. The fourth-order valence-corrected chi connectivity index (χ4v) is 1.99. The van der Waals surface area contributed by atoms with Gasteiger partial charge in [-0.1, -0.05) is 12.1 Å². The van der Waals surface area contributed by atoms with Crippen LogP contribution in [0, 0.1) is 6.92 Å². The van der Waals surface area contributed by atoms with Gasteiger partial charge >= 0.3 is 0 Å². The Labute approximate surface area is 115 Å². The van der Waals surface area contributed by atoms with Crippen molar-refractivity contribution < 1.29 is 9.59 Å². The molecular formula is C13H17BrN2O2. The van der Waals surface area contributed by atoms with Crippen LogP contribution in [0.4, 0.5) is 0 Å². The smallest absolute Gasteiger partial charge is 0.255 e. The lowest BCUT2D eigenvalue weighted by atomic mass is 10.1. The summed E-state index contributed by atoms with van der Waals surface area (Å²) in [5, 5.41) is 2.66. The van der Waals surface area contributed by atoms with Gasteiger partial charge in [0.2, 0.25) is 5.91 Å². The summed E-state index contributed by atoms with van der Waals surface area (Å²) in [6.45, 7) is 4.39. The topological polar surface area (TPSA) is 49.4 Å². The summed E-state index contributed by atoms with van der Waals surface area (Å²) in [4.78, 5) is 25.0. The Morgan fingerprint density at radius 3 is 2.67 bits per heavy atom. The molecule has 1 aromatic carbocycles. The van der Waals surface area contributed by atoms with Crippen LogP contribution in [0.5, 0.6) is 0 Å². The molecule has 0 fully saturated rings. The fraction of sp³-hybridized carbons (Fsp3) is 0.385. The van der Waals surface area contributed by atoms with Crippen molar-refractivity contribution in [2.45, 2.75) is 13.8 Å². The Bertz CT molecular complexity index is 460. The molecule has 98 valence electrons. The van der Waals surface area contributed by atoms with Crippen molar-refractivity contribution in [2.24, 2.45) is 0 Å². The van der Waals surface area contributed by atoms with Crippen LogP contribution in [0.25, 0.3) is 0 Å². The zero-order valence-corrected chi connectivity index (χ0v) is 12.4. The number of nitrogens with one attached hydrogen (secondary N) is 1. The maximum Gasteiger partial charge on any atom is 0.255 e. The zero-order valence-electron chi connectivity index (χ0n) is 10.8. The van der Waals surface area contributed by atoms with Gasteiger partial charge in [0.15, 0.2) is 0 Å². The van der Waals surface area contributed by atoms with Gasteiger partial charge in [0.25, 0.3) is 5.91 Å². The number of amides is 2. The standard InChI is InChI=1S/C13H17BrN2O2/c1-4-15-11(17)8-16(3)13(18)10-7-5-6-9(2)12(10)14/h5-7H,4,8H2,1-3H3,(H,15,17). The van der Waals surface area contributed by atoms with Gasteiger partial charge in [-0.3, -0.25) is 9.59 Å². The van der Waals surface area contributed by atoms with E-state index in [1.807, 2.05) is 26.0 Å². The van der Waals surface area contributed by atoms with Gasteiger partial charge in [0.05, 0.1) is 12.1 Å². The summed E-state index contributed by atoms with van der Waals surface area (Å²) in [6, 6.07) is 5.49. The molecule has 0 saturated heterocycles. The number of benzene rings is 1. The number of rotatable bonds is 4. The normalized spacial score (nSPS) is 10.0. The maximum absolute atomic E-state index is 12.2. The van der Waals surface area contributed by atoms with E-state index >= 15 is 0 Å². The number of halogens is 1. The Morgan fingerprint density at radius 1 is 1.39 bits per heavy atom. The van der Waals surface area contributed by atoms with E-state index < -0.39 is 0 Å². The van der Waals surface area contributed by atoms with Crippen LogP contribution in [0.2, 0.25) is 0 Å². The first kappa shape index (κ1) is 14.7. The molecule has 1 N–H and O–H groups in total. The molecule has 0 aromatic heterocycles. The number of hydrogen-bond acceptors (Lipinski definition) is 2. The molecule has 0 atom stereocenters. The largest absolute Gasteiger partial charge is 0.355 e. The molecule has 0 radical (unpaired) electrons. The Hall–Kier alpha value is -1.36. The van der Waals surface area contributed by atoms with E-state index in [1.54, 1.807) is 13.1 Å². The number of likely N-dealkylation sites (N-methyl/N-ethyl adjacent to an activating group) is 2. The maximum atomic E-state index is 12.2. The number of carbonyl (C=O) groups is 2. The molecule has 5 heteroatoms. The lowest BCUT2D eigenvalue weighted by Gasteiger charge is -2.17. The monoisotopic (exact) mass is 312 g/mol. The molecule has 0 spiro atoms. The molecule has 0 unspecified atom stereocenters. The van der Waals surface area contributed by atoms with Crippen molar-refractivity contribution in [1.82, 2.24) is 10.2 Å². The van der Waals surface area contributed by atoms with E-state index in [9.17, 15) is 9.59 Å². The highest BCUT2D eigenvalue weighted by Crippen LogP contribution is 2.22. The average Bonchev–Trinajstić information content (AvgIpc) is 2.32. The van der Waals surface area contributed by atoms with E-state index in [4.69, 9.17) is 0 Å². The summed E-state index contributed by atoms with van der Waals surface area (Å²) < 4.78 is 0.776. The first-order valence-electron chi connectivity index (χ1n) is 5.74. The number of hydrogen-bond donors (Lipinski definition) is 1. The van der Waals surface area contributed by atoms with Gasteiger partial charge in [-0.15, -0.1) is 0 Å². The van der Waals surface area contributed by atoms with E-state index in [0.717, 1.165) is 10.0 Å². The number of aryl methyl sites for hydroxylation is 1. The summed E-state index contributed by atoms with van der Waals surface area (Å²) in [5.41, 5.74) is 1.56. The minimum Gasteiger partial charge on any atom is -0.355 e. The zero-order chi connectivity index (χ0) is 13.7. The molecule has 18 heavy (non-hydrogen) atoms. The molecule has 0 aliphatic rings. The van der Waals surface area contributed by atoms with Crippen LogP contribution in [-0.4, -0.2) is 36.9 Å². The third kappa shape index (κ3) is 3.57. The summed E-state index contributed by atoms with van der Waals surface area (Å²) in [5.74, 6) is -0.325. The quantitative estimate of drug-likeness (QED) is 0.924. The lowest BCUT2D eigenvalue weighted by Crippen LogP contribution is -2.38. The van der Waals surface area contributed by atoms with Crippen molar-refractivity contribution in [3.63, 3.8) is 0 Å². The van der Waals surface area contributed by atoms with Gasteiger partial charge < -0.3 is 10.2 Å². The van der Waals surface area contributed by atoms with E-state index in [1.165, 1.54) is 4.90 Å². The highest BCUT2D eigenvalue weighted by molar-refractivity contribution is 9.10. The first-order chi connectivity index (χ1) is 8.47. The van der Waals surface area contributed by atoms with Crippen molar-refractivity contribution >= 4 is 27.7 Å². The second-order valence-electron chi connectivity index (χ2n) is 4.05. The summed E-state index contributed by atoms with van der Waals surface area (Å²) in [6.07, 6.45) is 0. The Morgan fingerprint density at radius 2 is 2.06 bits per heavy atom. The van der Waals surface area contributed by atoms with Crippen LogP contribution in [0.3, 0.4) is 0 Å². The Kier molecular flexibility index (Phi) is 5.34. The summed E-state index contributed by atoms with van der Waals surface area (Å²) in [7, 11) is 1.62. The Balaban J connectivity index is 2.81. The SMILES string of the molecule is CCNC(=O)CN(C)C(=O)c1cccc(C)c1Br. The van der Waals surface area contributed by atoms with E-state index in [0.29, 0.717) is 12.1 Å². The third-order valence-corrected chi connectivity index (χ3v) is 3.58. The number of carbonyl (C=O) groups excluding carboxylic acids is 2. The minimum absolute atomic E-state index is 0.0626. The van der Waals surface area contributed by atoms with Crippen molar-refractivity contribution in [2.75, 3.05) is 20.1 Å². The highest BCUT2D eigenvalue weighted by atomic mass is 79.9. The second kappa shape index (κ2) is 6.54. The van der Waals surface area contributed by atoms with Gasteiger partial charge in [-0.25, -0.2) is 0 Å². The fourth-order valence-electron chi connectivity index (χ4n) is 1.56. The molecule has 0 aliphatic carbocycles. The molecule has 0 heterocycles. The molecule has 1 rings (SSSR count). The van der Waals surface area contributed by atoms with Crippen LogP contribution >= 0.6 is 15.9 Å². The molecule has 0 saturated carbocycles. The predicted octanol–water partition coefficient (Wildman–Crippen LogP) is 1.97. The summed E-state index contributed by atoms with van der Waals surface area (Å²) >= 11 is 3.40. The first-order valence-corrected chi connectivity index (χ1v) is 6.54. The van der Waals surface area contributed by atoms with Crippen LogP contribution < -0.4 is 5.32 Å². The lowest BCUT2D eigenvalue weighted by molar-refractivity contribution is -0.121. The van der Waals surface area contributed by atoms with E-state index in [2.05, 4.69) is 21.2 Å². The van der Waals surface area contributed by atoms with Gasteiger partial charge in [-0.05, 0) is 41.4 Å². The molecule has 2 amide bonds. The van der Waals surface area contributed by atoms with Gasteiger partial charge in [0, 0.05) is 18.1 Å². The van der Waals surface area contributed by atoms with Crippen molar-refractivity contribution in [3.8, 4) is 0 Å². The van der Waals surface area contributed by atoms with Crippen molar-refractivity contribution in [3.05, 3.63) is 33.8 Å². The second-order valence-corrected chi connectivity index (χ2v) is 4.84. The molecular weight excluding hydrogens is 296 g/mol. The molecule has 4 nitrogen and oxygen atoms in total. The van der Waals surface area contributed by atoms with Crippen LogP contribution in [0.1, 0.15) is 22.8 Å². The molecule has 0 aliphatic heterocycles. The van der Waals surface area contributed by atoms with Gasteiger partial charge in [0.1, 0.15) is 0 Å². The van der Waals surface area contributed by atoms with Crippen molar-refractivity contribution in [1.29, 1.82) is 0 Å². The van der Waals surface area contributed by atoms with Crippen LogP contribution in [0.15, 0.2) is 22.7 Å². The number of nitrogens with zero attached hydrogens (tertiary/aromatic N) is 1. The molecule has 1 aromatic rings. The van der Waals surface area contributed by atoms with Crippen LogP contribution in [-0.2, 0) is 4.79 Å². The molecule has 0 bridgehead atoms.